The Bertz CT molecular complexity index is 753. The van der Waals surface area contributed by atoms with Gasteiger partial charge in [0.1, 0.15) is 18.4 Å². The molecule has 0 aliphatic rings. The molecule has 1 N–H and O–H groups in total. The highest BCUT2D eigenvalue weighted by Gasteiger charge is 2.26. The van der Waals surface area contributed by atoms with Crippen LogP contribution in [0.3, 0.4) is 0 Å². The van der Waals surface area contributed by atoms with E-state index in [2.05, 4.69) is 72.5 Å². The molecule has 2 aromatic rings. The second-order valence-corrected chi connectivity index (χ2v) is 12.7. The summed E-state index contributed by atoms with van der Waals surface area (Å²) >= 11 is 0. The number of rotatable bonds is 28. The molecule has 2 rings (SSSR count). The first kappa shape index (κ1) is 34.6. The number of imidazole rings is 1. The molecule has 2 heteroatoms. The Morgan fingerprint density at radius 2 is 1.00 bits per heavy atom. The number of unbranched alkanes of at least 4 members (excludes halogenated alkanes) is 20. The number of aromatic amines is 1. The molecule has 0 saturated heterocycles. The quantitative estimate of drug-likeness (QED) is 0.0801. The van der Waals surface area contributed by atoms with Crippen molar-refractivity contribution in [3.05, 3.63) is 54.6 Å². The normalized spacial score (nSPS) is 13.1. The summed E-state index contributed by atoms with van der Waals surface area (Å²) in [5.41, 5.74) is 1.51. The van der Waals surface area contributed by atoms with E-state index in [-0.39, 0.29) is 0 Å². The Labute approximate surface area is 250 Å². The number of hydrogen-bond acceptors (Lipinski definition) is 0. The highest BCUT2D eigenvalue weighted by atomic mass is 15.1. The van der Waals surface area contributed by atoms with Crippen LogP contribution in [0.1, 0.15) is 180 Å². The van der Waals surface area contributed by atoms with Gasteiger partial charge in [-0.2, -0.15) is 0 Å². The van der Waals surface area contributed by atoms with E-state index in [1.807, 2.05) is 0 Å². The number of benzene rings is 1. The summed E-state index contributed by atoms with van der Waals surface area (Å²) in [5.74, 6) is 0.714. The summed E-state index contributed by atoms with van der Waals surface area (Å²) in [6.45, 7) is 4.62. The molecule has 228 valence electrons. The van der Waals surface area contributed by atoms with Crippen molar-refractivity contribution in [1.29, 1.82) is 0 Å². The summed E-state index contributed by atoms with van der Waals surface area (Å²) in [6, 6.07) is 11.9. The SMILES string of the molecule is CCCCCCCCCCCCCCCCCCC(C(CCCCCCCC)Cc1ccccc1)[n+]1cc[nH]c1. The van der Waals surface area contributed by atoms with Crippen molar-refractivity contribution in [2.24, 2.45) is 5.92 Å². The Kier molecular flexibility index (Phi) is 21.8. The van der Waals surface area contributed by atoms with Crippen LogP contribution in [0.25, 0.3) is 0 Å². The van der Waals surface area contributed by atoms with Crippen LogP contribution in [0, 0.1) is 5.92 Å². The first-order chi connectivity index (χ1) is 19.8. The fourth-order valence-electron chi connectivity index (χ4n) is 6.57. The average molecular weight is 552 g/mol. The van der Waals surface area contributed by atoms with Gasteiger partial charge in [0, 0.05) is 5.92 Å². The van der Waals surface area contributed by atoms with E-state index in [4.69, 9.17) is 0 Å². The van der Waals surface area contributed by atoms with Gasteiger partial charge in [-0.1, -0.05) is 179 Å². The largest absolute Gasteiger partial charge is 0.250 e. The van der Waals surface area contributed by atoms with E-state index in [9.17, 15) is 0 Å². The molecule has 0 amide bonds. The number of nitrogens with zero attached hydrogens (tertiary/aromatic N) is 1. The fraction of sp³-hybridized carbons (Fsp3) is 0.763. The van der Waals surface area contributed by atoms with E-state index >= 15 is 0 Å². The van der Waals surface area contributed by atoms with Crippen molar-refractivity contribution < 1.29 is 4.57 Å². The molecule has 1 heterocycles. The number of aromatic nitrogens is 2. The molecule has 2 atom stereocenters. The molecule has 1 aromatic heterocycles. The highest BCUT2D eigenvalue weighted by Crippen LogP contribution is 2.29. The zero-order chi connectivity index (χ0) is 28.4. The Morgan fingerprint density at radius 3 is 1.45 bits per heavy atom. The third kappa shape index (κ3) is 17.3. The molecule has 0 spiro atoms. The lowest BCUT2D eigenvalue weighted by Crippen LogP contribution is -2.42. The van der Waals surface area contributed by atoms with Gasteiger partial charge in [0.25, 0.3) is 0 Å². The van der Waals surface area contributed by atoms with Gasteiger partial charge in [-0.05, 0) is 31.2 Å². The van der Waals surface area contributed by atoms with E-state index in [0.29, 0.717) is 12.0 Å². The minimum Gasteiger partial charge on any atom is -0.250 e. The second-order valence-electron chi connectivity index (χ2n) is 12.7. The minimum absolute atomic E-state index is 0.605. The second kappa shape index (κ2) is 25.2. The Hall–Kier alpha value is -1.57. The maximum atomic E-state index is 3.34. The molecule has 0 bridgehead atoms. The van der Waals surface area contributed by atoms with E-state index in [1.165, 1.54) is 166 Å². The van der Waals surface area contributed by atoms with Gasteiger partial charge < -0.3 is 0 Å². The van der Waals surface area contributed by atoms with Gasteiger partial charge in [-0.25, -0.2) is 4.57 Å². The summed E-state index contributed by atoms with van der Waals surface area (Å²) in [4.78, 5) is 3.34. The van der Waals surface area contributed by atoms with Crippen LogP contribution >= 0.6 is 0 Å². The zero-order valence-electron chi connectivity index (χ0n) is 26.9. The Balaban J connectivity index is 1.65. The molecule has 0 aliphatic carbocycles. The average Bonchev–Trinajstić information content (AvgIpc) is 3.51. The third-order valence-electron chi connectivity index (χ3n) is 9.12. The lowest BCUT2D eigenvalue weighted by molar-refractivity contribution is -0.730. The van der Waals surface area contributed by atoms with Gasteiger partial charge in [-0.15, -0.1) is 0 Å². The van der Waals surface area contributed by atoms with Gasteiger partial charge in [0.15, 0.2) is 0 Å². The van der Waals surface area contributed by atoms with Crippen molar-refractivity contribution in [2.75, 3.05) is 0 Å². The van der Waals surface area contributed by atoms with Crippen molar-refractivity contribution in [2.45, 2.75) is 180 Å². The van der Waals surface area contributed by atoms with Crippen LogP contribution in [0.4, 0.5) is 0 Å². The zero-order valence-corrected chi connectivity index (χ0v) is 26.9. The predicted molar refractivity (Wildman–Crippen MR) is 176 cm³/mol. The van der Waals surface area contributed by atoms with Crippen LogP contribution < -0.4 is 4.57 Å². The smallest absolute Gasteiger partial charge is 0.241 e. The maximum Gasteiger partial charge on any atom is 0.241 e. The third-order valence-corrected chi connectivity index (χ3v) is 9.12. The highest BCUT2D eigenvalue weighted by molar-refractivity contribution is 5.15. The van der Waals surface area contributed by atoms with Crippen molar-refractivity contribution >= 4 is 0 Å². The topological polar surface area (TPSA) is 19.7 Å². The van der Waals surface area contributed by atoms with Gasteiger partial charge >= 0.3 is 0 Å². The molecule has 0 aliphatic heterocycles. The molecule has 2 unspecified atom stereocenters. The Morgan fingerprint density at radius 1 is 0.550 bits per heavy atom. The molecule has 0 fully saturated rings. The van der Waals surface area contributed by atoms with E-state index < -0.39 is 0 Å². The summed E-state index contributed by atoms with van der Waals surface area (Å²) in [5, 5.41) is 0. The van der Waals surface area contributed by atoms with E-state index in [0.717, 1.165) is 0 Å². The van der Waals surface area contributed by atoms with Crippen LogP contribution in [-0.2, 0) is 6.42 Å². The minimum atomic E-state index is 0.605. The monoisotopic (exact) mass is 552 g/mol. The predicted octanol–water partition coefficient (Wildman–Crippen LogP) is 12.1. The van der Waals surface area contributed by atoms with E-state index in [1.54, 1.807) is 0 Å². The summed E-state index contributed by atoms with van der Waals surface area (Å²) in [7, 11) is 0. The molecule has 0 radical (unpaired) electrons. The van der Waals surface area contributed by atoms with Crippen molar-refractivity contribution in [3.63, 3.8) is 0 Å². The van der Waals surface area contributed by atoms with Gasteiger partial charge in [-0.3, -0.25) is 4.98 Å². The van der Waals surface area contributed by atoms with Crippen LogP contribution in [0.2, 0.25) is 0 Å². The summed E-state index contributed by atoms with van der Waals surface area (Å²) < 4.78 is 2.50. The van der Waals surface area contributed by atoms with Crippen LogP contribution in [-0.4, -0.2) is 4.98 Å². The first-order valence-corrected chi connectivity index (χ1v) is 17.9. The van der Waals surface area contributed by atoms with Crippen LogP contribution in [0.15, 0.2) is 49.1 Å². The lowest BCUT2D eigenvalue weighted by atomic mass is 9.84. The van der Waals surface area contributed by atoms with Crippen LogP contribution in [0.5, 0.6) is 0 Å². The lowest BCUT2D eigenvalue weighted by Gasteiger charge is -2.25. The van der Waals surface area contributed by atoms with Crippen molar-refractivity contribution in [3.8, 4) is 0 Å². The van der Waals surface area contributed by atoms with Crippen molar-refractivity contribution in [1.82, 2.24) is 4.98 Å². The van der Waals surface area contributed by atoms with Gasteiger partial charge in [0.05, 0.1) is 0 Å². The molecular weight excluding hydrogens is 484 g/mol. The number of hydrogen-bond donors (Lipinski definition) is 1. The first-order valence-electron chi connectivity index (χ1n) is 17.9. The number of H-pyrrole nitrogens is 1. The molecule has 0 saturated carbocycles. The molecule has 1 aromatic carbocycles. The molecule has 40 heavy (non-hydrogen) atoms. The summed E-state index contributed by atoms with van der Waals surface area (Å²) in [6.07, 6.45) is 41.8. The van der Waals surface area contributed by atoms with Gasteiger partial charge in [0.2, 0.25) is 6.33 Å². The standard InChI is InChI=1S/C38H66N2/c1-3-5-7-9-11-12-13-14-15-16-17-18-19-20-22-27-31-38(40-33-32-39-35-40)37(30-26-21-10-8-6-4-2)34-36-28-24-23-25-29-36/h23-25,28-29,32-33,35,37-38H,3-22,26-27,30-31,34H2,1-2H3/p+1. The maximum absolute atomic E-state index is 3.34. The molecular formula is C38H67N2+. The molecule has 2 nitrogen and oxygen atoms in total. The fourth-order valence-corrected chi connectivity index (χ4v) is 6.57. The number of nitrogens with one attached hydrogen (secondary N) is 1.